The van der Waals surface area contributed by atoms with Crippen molar-refractivity contribution < 1.29 is 38.8 Å². The molecule has 1 aromatic carbocycles. The molecule has 12 heteroatoms. The molecule has 1 aliphatic heterocycles. The van der Waals surface area contributed by atoms with Crippen LogP contribution in [0, 0.1) is 5.82 Å². The van der Waals surface area contributed by atoms with E-state index in [9.17, 15) is 23.9 Å². The third kappa shape index (κ3) is 7.69. The van der Waals surface area contributed by atoms with Gasteiger partial charge in [-0.05, 0) is 49.1 Å². The zero-order valence-corrected chi connectivity index (χ0v) is 19.0. The molecular formula is C23H27FN4O7. The molecule has 0 saturated carbocycles. The molecule has 0 aliphatic carbocycles. The van der Waals surface area contributed by atoms with Crippen molar-refractivity contribution in [3.8, 4) is 5.88 Å². The van der Waals surface area contributed by atoms with Crippen molar-refractivity contribution in [3.05, 3.63) is 47.9 Å². The van der Waals surface area contributed by atoms with E-state index in [1.807, 2.05) is 0 Å². The van der Waals surface area contributed by atoms with Crippen LogP contribution in [0.25, 0.3) is 5.57 Å². The highest BCUT2D eigenvalue weighted by Gasteiger charge is 2.41. The van der Waals surface area contributed by atoms with Crippen LogP contribution in [0.15, 0.2) is 36.5 Å². The third-order valence-electron chi connectivity index (χ3n) is 5.63. The van der Waals surface area contributed by atoms with Gasteiger partial charge in [-0.25, -0.2) is 13.9 Å². The summed E-state index contributed by atoms with van der Waals surface area (Å²) in [6.07, 6.45) is 3.92. The van der Waals surface area contributed by atoms with Crippen LogP contribution in [0.3, 0.4) is 0 Å². The molecule has 1 aliphatic rings. The van der Waals surface area contributed by atoms with Gasteiger partial charge in [0, 0.05) is 19.6 Å². The Morgan fingerprint density at radius 1 is 1.09 bits per heavy atom. The van der Waals surface area contributed by atoms with Gasteiger partial charge >= 0.3 is 17.9 Å². The topological polar surface area (TPSA) is 155 Å². The first-order valence-electron chi connectivity index (χ1n) is 11.1. The average Bonchev–Trinajstić information content (AvgIpc) is 3.24. The highest BCUT2D eigenvalue weighted by Crippen LogP contribution is 2.23. The molecule has 3 N–H and O–H groups in total. The van der Waals surface area contributed by atoms with Gasteiger partial charge in [-0.15, -0.1) is 0 Å². The van der Waals surface area contributed by atoms with E-state index in [4.69, 9.17) is 14.9 Å². The van der Waals surface area contributed by atoms with Gasteiger partial charge in [-0.3, -0.25) is 14.5 Å². The van der Waals surface area contributed by atoms with Crippen molar-refractivity contribution in [3.63, 3.8) is 0 Å². The number of hydrogen-bond acceptors (Lipinski definition) is 8. The number of aliphatic hydroxyl groups is 1. The average molecular weight is 490 g/mol. The minimum absolute atomic E-state index is 0.174. The monoisotopic (exact) mass is 490 g/mol. The van der Waals surface area contributed by atoms with Crippen LogP contribution in [0.4, 0.5) is 4.39 Å². The molecule has 2 heterocycles. The fraction of sp³-hybridized carbons (Fsp3) is 0.435. The second-order valence-electron chi connectivity index (χ2n) is 8.37. The van der Waals surface area contributed by atoms with Gasteiger partial charge in [0.2, 0.25) is 0 Å². The summed E-state index contributed by atoms with van der Waals surface area (Å²) in [5.74, 6) is -4.96. The summed E-state index contributed by atoms with van der Waals surface area (Å²) >= 11 is 0. The van der Waals surface area contributed by atoms with Crippen molar-refractivity contribution in [2.45, 2.75) is 44.2 Å². The number of carbonyl (C=O) groups is 3. The van der Waals surface area contributed by atoms with E-state index in [0.717, 1.165) is 44.5 Å². The van der Waals surface area contributed by atoms with Gasteiger partial charge in [-0.2, -0.15) is 0 Å². The van der Waals surface area contributed by atoms with Crippen LogP contribution in [0.1, 0.15) is 37.7 Å². The lowest BCUT2D eigenvalue weighted by Gasteiger charge is -2.26. The number of carbonyl (C=O) groups excluding carboxylic acids is 1. The van der Waals surface area contributed by atoms with Crippen molar-refractivity contribution in [2.24, 2.45) is 0 Å². The summed E-state index contributed by atoms with van der Waals surface area (Å²) in [6.45, 7) is 3.14. The Morgan fingerprint density at radius 2 is 1.80 bits per heavy atom. The van der Waals surface area contributed by atoms with Crippen LogP contribution in [0.5, 0.6) is 5.88 Å². The van der Waals surface area contributed by atoms with Gasteiger partial charge in [0.05, 0.1) is 19.0 Å². The Kier molecular flexibility index (Phi) is 8.66. The number of halogens is 1. The molecule has 35 heavy (non-hydrogen) atoms. The number of aryl methyl sites for hydroxylation is 1. The van der Waals surface area contributed by atoms with Crippen LogP contribution in [0.2, 0.25) is 0 Å². The standard InChI is InChI=1S/C23H27FN4O7/c24-18-5-3-16(4-6-18)17-7-11-27(12-8-17)9-1-2-10-28-15-19(25-26-28)35-21(31)14-23(34,22(32)33)13-20(29)30/h3-7,15,34H,1-2,8-14H2,(H,29,30)(H,32,33). The fourth-order valence-electron chi connectivity index (χ4n) is 3.74. The van der Waals surface area contributed by atoms with Crippen LogP contribution in [-0.4, -0.2) is 78.4 Å². The Hall–Kier alpha value is -3.64. The lowest BCUT2D eigenvalue weighted by atomic mass is 9.96. The number of hydrogen-bond donors (Lipinski definition) is 3. The zero-order valence-electron chi connectivity index (χ0n) is 19.0. The summed E-state index contributed by atoms with van der Waals surface area (Å²) in [6, 6.07) is 6.52. The van der Waals surface area contributed by atoms with E-state index in [2.05, 4.69) is 21.3 Å². The summed E-state index contributed by atoms with van der Waals surface area (Å²) in [4.78, 5) is 36.2. The Morgan fingerprint density at radius 3 is 2.43 bits per heavy atom. The molecule has 1 unspecified atom stereocenters. The molecule has 1 atom stereocenters. The van der Waals surface area contributed by atoms with Crippen molar-refractivity contribution in [1.29, 1.82) is 0 Å². The molecule has 11 nitrogen and oxygen atoms in total. The molecular weight excluding hydrogens is 463 g/mol. The highest BCUT2D eigenvalue weighted by atomic mass is 19.1. The third-order valence-corrected chi connectivity index (χ3v) is 5.63. The first-order chi connectivity index (χ1) is 16.6. The SMILES string of the molecule is O=C(O)CC(O)(CC(=O)Oc1cn(CCCCN2CC=C(c3ccc(F)cc3)CC2)nn1)C(=O)O. The minimum Gasteiger partial charge on any atom is -0.481 e. The van der Waals surface area contributed by atoms with Crippen LogP contribution in [-0.2, 0) is 20.9 Å². The number of ether oxygens (including phenoxy) is 1. The largest absolute Gasteiger partial charge is 0.481 e. The van der Waals surface area contributed by atoms with E-state index in [0.29, 0.717) is 6.54 Å². The highest BCUT2D eigenvalue weighted by molar-refractivity contribution is 5.89. The lowest BCUT2D eigenvalue weighted by Crippen LogP contribution is -2.43. The zero-order chi connectivity index (χ0) is 25.4. The molecule has 0 amide bonds. The number of benzene rings is 1. The van der Waals surface area contributed by atoms with Crippen molar-refractivity contribution in [2.75, 3.05) is 19.6 Å². The maximum atomic E-state index is 13.1. The number of aromatic nitrogens is 3. The summed E-state index contributed by atoms with van der Waals surface area (Å²) in [7, 11) is 0. The number of esters is 1. The Bertz CT molecular complexity index is 1090. The van der Waals surface area contributed by atoms with Gasteiger partial charge in [0.1, 0.15) is 5.82 Å². The number of carboxylic acid groups (broad SMARTS) is 2. The van der Waals surface area contributed by atoms with Crippen LogP contribution >= 0.6 is 0 Å². The van der Waals surface area contributed by atoms with E-state index in [-0.39, 0.29) is 11.7 Å². The number of aliphatic carboxylic acids is 2. The number of nitrogens with zero attached hydrogens (tertiary/aromatic N) is 4. The predicted octanol–water partition coefficient (Wildman–Crippen LogP) is 1.57. The number of carboxylic acids is 2. The molecule has 2 aromatic rings. The Balaban J connectivity index is 1.38. The van der Waals surface area contributed by atoms with Crippen LogP contribution < -0.4 is 4.74 Å². The van der Waals surface area contributed by atoms with E-state index in [1.54, 1.807) is 12.1 Å². The van der Waals surface area contributed by atoms with Crippen molar-refractivity contribution >= 4 is 23.5 Å². The molecule has 188 valence electrons. The molecule has 0 fully saturated rings. The van der Waals surface area contributed by atoms with E-state index in [1.165, 1.54) is 28.6 Å². The second-order valence-corrected chi connectivity index (χ2v) is 8.37. The summed E-state index contributed by atoms with van der Waals surface area (Å²) < 4.78 is 19.5. The maximum Gasteiger partial charge on any atom is 0.336 e. The normalized spacial score (nSPS) is 15.8. The molecule has 1 aromatic heterocycles. The quantitative estimate of drug-likeness (QED) is 0.295. The van der Waals surface area contributed by atoms with Gasteiger partial charge < -0.3 is 20.1 Å². The van der Waals surface area contributed by atoms with Crippen molar-refractivity contribution in [1.82, 2.24) is 19.9 Å². The smallest absolute Gasteiger partial charge is 0.336 e. The number of rotatable bonds is 12. The Labute approximate surface area is 200 Å². The number of unbranched alkanes of at least 4 members (excludes halogenated alkanes) is 1. The fourth-order valence-corrected chi connectivity index (χ4v) is 3.74. The second kappa shape index (κ2) is 11.7. The summed E-state index contributed by atoms with van der Waals surface area (Å²) in [5, 5.41) is 35.2. The molecule has 0 bridgehead atoms. The predicted molar refractivity (Wildman–Crippen MR) is 120 cm³/mol. The lowest BCUT2D eigenvalue weighted by molar-refractivity contribution is -0.169. The van der Waals surface area contributed by atoms with Gasteiger partial charge in [0.25, 0.3) is 5.88 Å². The molecule has 0 spiro atoms. The van der Waals surface area contributed by atoms with E-state index >= 15 is 0 Å². The first kappa shape index (κ1) is 26.0. The molecule has 0 radical (unpaired) electrons. The minimum atomic E-state index is -2.78. The van der Waals surface area contributed by atoms with Gasteiger partial charge in [0.15, 0.2) is 5.60 Å². The summed E-state index contributed by atoms with van der Waals surface area (Å²) in [5.41, 5.74) is -0.513. The van der Waals surface area contributed by atoms with Gasteiger partial charge in [-0.1, -0.05) is 28.5 Å². The first-order valence-corrected chi connectivity index (χ1v) is 11.1. The molecule has 0 saturated heterocycles. The maximum absolute atomic E-state index is 13.1. The molecule has 3 rings (SSSR count). The van der Waals surface area contributed by atoms with E-state index < -0.39 is 36.4 Å².